The second-order valence-corrected chi connectivity index (χ2v) is 7.57. The van der Waals surface area contributed by atoms with Crippen molar-refractivity contribution in [3.63, 3.8) is 0 Å². The molecule has 4 bridgehead atoms. The molecule has 0 amide bonds. The highest BCUT2D eigenvalue weighted by Gasteiger charge is 2.49. The number of nitrogens with one attached hydrogen (secondary N) is 1. The van der Waals surface area contributed by atoms with E-state index in [1.54, 1.807) is 0 Å². The van der Waals surface area contributed by atoms with E-state index in [2.05, 4.69) is 10.3 Å². The molecule has 4 saturated carbocycles. The van der Waals surface area contributed by atoms with Gasteiger partial charge in [0.05, 0.1) is 11.4 Å². The lowest BCUT2D eigenvalue weighted by atomic mass is 9.51. The van der Waals surface area contributed by atoms with Crippen LogP contribution in [0, 0.1) is 23.7 Å². The standard InChI is InChI=1S/C17H23N3/c1-2-18-8-15-14(1)17(20-9-19-15)16-12-4-10-3-11(6-12)7-13(16)5-10/h9-13,16,18H,1-8H2. The highest BCUT2D eigenvalue weighted by Crippen LogP contribution is 2.59. The zero-order chi connectivity index (χ0) is 13.1. The zero-order valence-corrected chi connectivity index (χ0v) is 12.0. The number of aromatic nitrogens is 2. The van der Waals surface area contributed by atoms with Crippen LogP contribution < -0.4 is 5.32 Å². The molecule has 1 N–H and O–H groups in total. The molecule has 0 spiro atoms. The topological polar surface area (TPSA) is 37.8 Å². The minimum absolute atomic E-state index is 0.762. The molecule has 0 unspecified atom stereocenters. The van der Waals surface area contributed by atoms with E-state index in [4.69, 9.17) is 4.98 Å². The van der Waals surface area contributed by atoms with Gasteiger partial charge < -0.3 is 5.32 Å². The molecule has 3 heteroatoms. The van der Waals surface area contributed by atoms with Crippen molar-refractivity contribution in [1.82, 2.24) is 15.3 Å². The summed E-state index contributed by atoms with van der Waals surface area (Å²) >= 11 is 0. The monoisotopic (exact) mass is 269 g/mol. The van der Waals surface area contributed by atoms with E-state index in [0.717, 1.165) is 49.1 Å². The summed E-state index contributed by atoms with van der Waals surface area (Å²) in [5.74, 6) is 4.72. The zero-order valence-electron chi connectivity index (χ0n) is 12.0. The molecule has 5 aliphatic rings. The van der Waals surface area contributed by atoms with Gasteiger partial charge in [-0.25, -0.2) is 9.97 Å². The molecule has 1 aromatic rings. The fourth-order valence-corrected chi connectivity index (χ4v) is 5.97. The summed E-state index contributed by atoms with van der Waals surface area (Å²) < 4.78 is 0. The summed E-state index contributed by atoms with van der Waals surface area (Å²) in [6.45, 7) is 2.04. The first kappa shape index (κ1) is 11.7. The van der Waals surface area contributed by atoms with Gasteiger partial charge in [-0.3, -0.25) is 0 Å². The van der Waals surface area contributed by atoms with Gasteiger partial charge in [0, 0.05) is 12.5 Å². The quantitative estimate of drug-likeness (QED) is 0.851. The first-order valence-corrected chi connectivity index (χ1v) is 8.42. The average Bonchev–Trinajstić information content (AvgIpc) is 2.46. The Morgan fingerprint density at radius 3 is 2.45 bits per heavy atom. The molecular weight excluding hydrogens is 246 g/mol. The molecule has 6 rings (SSSR count). The fourth-order valence-electron chi connectivity index (χ4n) is 5.97. The van der Waals surface area contributed by atoms with Crippen molar-refractivity contribution in [2.45, 2.75) is 51.0 Å². The lowest BCUT2D eigenvalue weighted by Crippen LogP contribution is -2.44. The van der Waals surface area contributed by atoms with Crippen molar-refractivity contribution in [1.29, 1.82) is 0 Å². The maximum atomic E-state index is 4.80. The third kappa shape index (κ3) is 1.62. The maximum Gasteiger partial charge on any atom is 0.116 e. The van der Waals surface area contributed by atoms with Crippen molar-refractivity contribution in [2.75, 3.05) is 6.54 Å². The Bertz CT molecular complexity index is 511. The molecule has 20 heavy (non-hydrogen) atoms. The van der Waals surface area contributed by atoms with E-state index in [1.807, 2.05) is 6.33 Å². The average molecular weight is 269 g/mol. The third-order valence-corrected chi connectivity index (χ3v) is 6.45. The van der Waals surface area contributed by atoms with Crippen LogP contribution in [0.25, 0.3) is 0 Å². The summed E-state index contributed by atoms with van der Waals surface area (Å²) in [6.07, 6.45) is 10.4. The molecule has 4 aliphatic carbocycles. The molecule has 2 heterocycles. The van der Waals surface area contributed by atoms with Gasteiger partial charge in [0.1, 0.15) is 6.33 Å². The number of rotatable bonds is 1. The molecule has 1 aliphatic heterocycles. The number of hydrogen-bond acceptors (Lipinski definition) is 3. The van der Waals surface area contributed by atoms with Gasteiger partial charge in [-0.2, -0.15) is 0 Å². The Labute approximate surface area is 120 Å². The van der Waals surface area contributed by atoms with Crippen LogP contribution in [0.2, 0.25) is 0 Å². The lowest BCUT2D eigenvalue weighted by Gasteiger charge is -2.54. The summed E-state index contributed by atoms with van der Waals surface area (Å²) in [5, 5.41) is 3.45. The van der Waals surface area contributed by atoms with E-state index < -0.39 is 0 Å². The number of nitrogens with zero attached hydrogens (tertiary/aromatic N) is 2. The van der Waals surface area contributed by atoms with E-state index in [9.17, 15) is 0 Å². The number of fused-ring (bicyclic) bond motifs is 1. The Morgan fingerprint density at radius 1 is 0.950 bits per heavy atom. The van der Waals surface area contributed by atoms with Crippen LogP contribution in [0.4, 0.5) is 0 Å². The van der Waals surface area contributed by atoms with Crippen LogP contribution in [-0.2, 0) is 13.0 Å². The van der Waals surface area contributed by atoms with Gasteiger partial charge in [-0.15, -0.1) is 0 Å². The smallest absolute Gasteiger partial charge is 0.116 e. The van der Waals surface area contributed by atoms with Crippen LogP contribution in [0.3, 0.4) is 0 Å². The summed E-state index contributed by atoms with van der Waals surface area (Å²) in [6, 6.07) is 0. The Morgan fingerprint density at radius 2 is 1.70 bits per heavy atom. The molecule has 4 fully saturated rings. The van der Waals surface area contributed by atoms with Crippen molar-refractivity contribution in [3.05, 3.63) is 23.3 Å². The second kappa shape index (κ2) is 4.27. The van der Waals surface area contributed by atoms with Crippen LogP contribution in [-0.4, -0.2) is 16.5 Å². The molecule has 3 nitrogen and oxygen atoms in total. The molecule has 0 aromatic carbocycles. The normalized spacial score (nSPS) is 41.7. The van der Waals surface area contributed by atoms with Gasteiger partial charge in [0.2, 0.25) is 0 Å². The third-order valence-electron chi connectivity index (χ3n) is 6.45. The predicted molar refractivity (Wildman–Crippen MR) is 77.2 cm³/mol. The molecule has 0 saturated heterocycles. The van der Waals surface area contributed by atoms with Gasteiger partial charge in [-0.1, -0.05) is 0 Å². The first-order valence-electron chi connectivity index (χ1n) is 8.42. The van der Waals surface area contributed by atoms with Crippen molar-refractivity contribution >= 4 is 0 Å². The highest BCUT2D eigenvalue weighted by atomic mass is 14.9. The van der Waals surface area contributed by atoms with Crippen LogP contribution in [0.1, 0.15) is 55.0 Å². The Hall–Kier alpha value is -0.960. The van der Waals surface area contributed by atoms with Crippen molar-refractivity contribution < 1.29 is 0 Å². The minimum atomic E-state index is 0.762. The molecule has 1 aromatic heterocycles. The van der Waals surface area contributed by atoms with Gasteiger partial charge in [0.25, 0.3) is 0 Å². The second-order valence-electron chi connectivity index (χ2n) is 7.57. The molecule has 0 atom stereocenters. The van der Waals surface area contributed by atoms with Gasteiger partial charge in [0.15, 0.2) is 0 Å². The predicted octanol–water partition coefficient (Wildman–Crippen LogP) is 2.66. The fraction of sp³-hybridized carbons (Fsp3) is 0.765. The van der Waals surface area contributed by atoms with Crippen LogP contribution >= 0.6 is 0 Å². The van der Waals surface area contributed by atoms with Crippen molar-refractivity contribution in [3.8, 4) is 0 Å². The SMILES string of the molecule is c1nc2c(c(C3C4CC5CC(C4)CC3C5)n1)CCNC2. The van der Waals surface area contributed by atoms with E-state index >= 15 is 0 Å². The summed E-state index contributed by atoms with van der Waals surface area (Å²) in [7, 11) is 0. The van der Waals surface area contributed by atoms with Crippen LogP contribution in [0.15, 0.2) is 6.33 Å². The highest BCUT2D eigenvalue weighted by molar-refractivity contribution is 5.32. The largest absolute Gasteiger partial charge is 0.311 e. The summed E-state index contributed by atoms with van der Waals surface area (Å²) in [4.78, 5) is 9.32. The van der Waals surface area contributed by atoms with Crippen LogP contribution in [0.5, 0.6) is 0 Å². The van der Waals surface area contributed by atoms with E-state index in [-0.39, 0.29) is 0 Å². The Kier molecular flexibility index (Phi) is 2.49. The van der Waals surface area contributed by atoms with Gasteiger partial charge in [-0.05, 0) is 74.3 Å². The molecule has 106 valence electrons. The maximum absolute atomic E-state index is 4.80. The lowest BCUT2D eigenvalue weighted by molar-refractivity contribution is -0.00458. The van der Waals surface area contributed by atoms with Gasteiger partial charge >= 0.3 is 0 Å². The van der Waals surface area contributed by atoms with E-state index in [1.165, 1.54) is 49.1 Å². The van der Waals surface area contributed by atoms with Crippen molar-refractivity contribution in [2.24, 2.45) is 23.7 Å². The first-order chi connectivity index (χ1) is 9.88. The summed E-state index contributed by atoms with van der Waals surface area (Å²) in [5.41, 5.74) is 4.23. The molecular formula is C17H23N3. The number of hydrogen-bond donors (Lipinski definition) is 1. The minimum Gasteiger partial charge on any atom is -0.311 e. The van der Waals surface area contributed by atoms with E-state index in [0.29, 0.717) is 0 Å². The Balaban J connectivity index is 1.57. The molecule has 0 radical (unpaired) electrons.